The van der Waals surface area contributed by atoms with Crippen molar-refractivity contribution in [2.75, 3.05) is 11.5 Å². The second kappa shape index (κ2) is 8.68. The van der Waals surface area contributed by atoms with E-state index in [-0.39, 0.29) is 12.5 Å². The van der Waals surface area contributed by atoms with Gasteiger partial charge in [-0.1, -0.05) is 103 Å². The first-order chi connectivity index (χ1) is 16.1. The molecule has 0 N–H and O–H groups in total. The number of carbonyl (C=O) groups excluding carboxylic acids is 1. The number of hydrogen-bond donors (Lipinski definition) is 0. The van der Waals surface area contributed by atoms with E-state index in [0.717, 1.165) is 33.5 Å². The van der Waals surface area contributed by atoms with Crippen molar-refractivity contribution in [3.8, 4) is 0 Å². The number of ether oxygens (including phenoxy) is 1. The lowest BCUT2D eigenvalue weighted by atomic mass is 9.71. The minimum atomic E-state index is -0.946. The molecule has 0 saturated carbocycles. The third kappa shape index (κ3) is 3.65. The molecule has 0 radical (unpaired) electrons. The molecule has 1 aliphatic rings. The zero-order valence-corrected chi connectivity index (χ0v) is 18.9. The van der Waals surface area contributed by atoms with Gasteiger partial charge in [0, 0.05) is 11.3 Å². The molecule has 2 unspecified atom stereocenters. The third-order valence-electron chi connectivity index (χ3n) is 6.51. The lowest BCUT2D eigenvalue weighted by Crippen LogP contribution is -2.57. The van der Waals surface area contributed by atoms with Crippen molar-refractivity contribution in [1.82, 2.24) is 0 Å². The summed E-state index contributed by atoms with van der Waals surface area (Å²) in [7, 11) is 0. The summed E-state index contributed by atoms with van der Waals surface area (Å²) in [6.45, 7) is 4.41. The molecule has 5 rings (SSSR count). The monoisotopic (exact) mass is 433 g/mol. The predicted molar refractivity (Wildman–Crippen MR) is 132 cm³/mol. The van der Waals surface area contributed by atoms with Crippen LogP contribution in [0.15, 0.2) is 109 Å². The maximum absolute atomic E-state index is 14.7. The molecular weight excluding hydrogens is 406 g/mol. The number of anilines is 1. The van der Waals surface area contributed by atoms with Crippen LogP contribution in [0, 0.1) is 13.8 Å². The summed E-state index contributed by atoms with van der Waals surface area (Å²) < 4.78 is 6.63. The average Bonchev–Trinajstić information content (AvgIpc) is 2.87. The molecule has 0 aliphatic carbocycles. The smallest absolute Gasteiger partial charge is 0.246 e. The van der Waals surface area contributed by atoms with Crippen LogP contribution in [0.25, 0.3) is 0 Å². The van der Waals surface area contributed by atoms with Crippen LogP contribution in [0.5, 0.6) is 0 Å². The van der Waals surface area contributed by atoms with E-state index >= 15 is 0 Å². The Kier molecular flexibility index (Phi) is 5.57. The lowest BCUT2D eigenvalue weighted by molar-refractivity contribution is -0.136. The van der Waals surface area contributed by atoms with Gasteiger partial charge in [-0.25, -0.2) is 0 Å². The third-order valence-corrected chi connectivity index (χ3v) is 6.51. The van der Waals surface area contributed by atoms with E-state index < -0.39 is 11.6 Å². The van der Waals surface area contributed by atoms with E-state index in [4.69, 9.17) is 4.74 Å². The summed E-state index contributed by atoms with van der Waals surface area (Å²) in [6, 6.07) is 36.2. The normalized spacial score (nSPS) is 20.6. The van der Waals surface area contributed by atoms with Crippen molar-refractivity contribution >= 4 is 11.6 Å². The molecule has 0 bridgehead atoms. The van der Waals surface area contributed by atoms with Crippen LogP contribution in [-0.4, -0.2) is 12.5 Å². The molecule has 0 spiro atoms. The van der Waals surface area contributed by atoms with Crippen LogP contribution >= 0.6 is 0 Å². The molecule has 0 aromatic heterocycles. The molecule has 3 nitrogen and oxygen atoms in total. The number of aryl methyl sites for hydroxylation is 2. The number of nitrogens with zero attached hydrogens (tertiary/aromatic N) is 1. The molecule has 1 aliphatic heterocycles. The SMILES string of the molecule is Cc1ccc(C)c(C2(c3ccccc3)COC(c3ccccc3)N(c3ccccc3)C2=O)c1. The number of benzene rings is 4. The van der Waals surface area contributed by atoms with Crippen LogP contribution in [-0.2, 0) is 14.9 Å². The van der Waals surface area contributed by atoms with Gasteiger partial charge < -0.3 is 4.74 Å². The minimum absolute atomic E-state index is 0.0219. The lowest BCUT2D eigenvalue weighted by Gasteiger charge is -2.47. The van der Waals surface area contributed by atoms with E-state index in [1.807, 2.05) is 95.9 Å². The maximum atomic E-state index is 14.7. The molecule has 33 heavy (non-hydrogen) atoms. The summed E-state index contributed by atoms with van der Waals surface area (Å²) in [5.74, 6) is 0.0219. The highest BCUT2D eigenvalue weighted by atomic mass is 16.5. The Labute approximate surface area is 195 Å². The predicted octanol–water partition coefficient (Wildman–Crippen LogP) is 6.35. The molecule has 1 fully saturated rings. The van der Waals surface area contributed by atoms with E-state index in [1.54, 1.807) is 0 Å². The van der Waals surface area contributed by atoms with Crippen LogP contribution < -0.4 is 4.90 Å². The van der Waals surface area contributed by atoms with Gasteiger partial charge in [0.15, 0.2) is 6.23 Å². The Hall–Kier alpha value is -3.69. The molecule has 4 aromatic rings. The second-order valence-corrected chi connectivity index (χ2v) is 8.67. The fourth-order valence-corrected chi connectivity index (χ4v) is 4.83. The number of carbonyl (C=O) groups is 1. The van der Waals surface area contributed by atoms with E-state index in [9.17, 15) is 4.79 Å². The summed E-state index contributed by atoms with van der Waals surface area (Å²) in [6.07, 6.45) is -0.497. The zero-order valence-electron chi connectivity index (χ0n) is 18.9. The Morgan fingerprint density at radius 2 is 1.39 bits per heavy atom. The first kappa shape index (κ1) is 21.2. The van der Waals surface area contributed by atoms with Crippen molar-refractivity contribution < 1.29 is 9.53 Å². The molecule has 164 valence electrons. The zero-order chi connectivity index (χ0) is 22.8. The first-order valence-corrected chi connectivity index (χ1v) is 11.3. The van der Waals surface area contributed by atoms with Gasteiger partial charge in [0.05, 0.1) is 6.61 Å². The molecular formula is C30H27NO2. The number of hydrogen-bond acceptors (Lipinski definition) is 2. The molecule has 1 heterocycles. The van der Waals surface area contributed by atoms with E-state index in [2.05, 4.69) is 32.0 Å². The Balaban J connectivity index is 1.75. The quantitative estimate of drug-likeness (QED) is 0.375. The first-order valence-electron chi connectivity index (χ1n) is 11.3. The van der Waals surface area contributed by atoms with Gasteiger partial charge in [-0.15, -0.1) is 0 Å². The summed E-state index contributed by atoms with van der Waals surface area (Å²) in [5.41, 5.74) is 4.96. The highest BCUT2D eigenvalue weighted by molar-refractivity contribution is 6.05. The number of amides is 1. The van der Waals surface area contributed by atoms with Gasteiger partial charge in [0.1, 0.15) is 5.41 Å². The topological polar surface area (TPSA) is 29.5 Å². The van der Waals surface area contributed by atoms with Gasteiger partial charge in [0.25, 0.3) is 0 Å². The Morgan fingerprint density at radius 1 is 0.788 bits per heavy atom. The molecule has 1 amide bonds. The molecule has 4 aromatic carbocycles. The van der Waals surface area contributed by atoms with Gasteiger partial charge in [0.2, 0.25) is 5.91 Å². The summed E-state index contributed by atoms with van der Waals surface area (Å²) >= 11 is 0. The van der Waals surface area contributed by atoms with Crippen molar-refractivity contribution in [2.45, 2.75) is 25.5 Å². The molecule has 2 atom stereocenters. The van der Waals surface area contributed by atoms with Crippen molar-refractivity contribution in [1.29, 1.82) is 0 Å². The van der Waals surface area contributed by atoms with Crippen LogP contribution in [0.2, 0.25) is 0 Å². The van der Waals surface area contributed by atoms with Gasteiger partial charge in [-0.2, -0.15) is 0 Å². The second-order valence-electron chi connectivity index (χ2n) is 8.67. The van der Waals surface area contributed by atoms with Crippen LogP contribution in [0.4, 0.5) is 5.69 Å². The Bertz CT molecular complexity index is 1250. The van der Waals surface area contributed by atoms with Crippen molar-refractivity contribution in [3.05, 3.63) is 137 Å². The average molecular weight is 434 g/mol. The van der Waals surface area contributed by atoms with Crippen LogP contribution in [0.1, 0.15) is 34.0 Å². The summed E-state index contributed by atoms with van der Waals surface area (Å²) in [5, 5.41) is 0. The van der Waals surface area contributed by atoms with Crippen molar-refractivity contribution in [2.24, 2.45) is 0 Å². The molecule has 1 saturated heterocycles. The minimum Gasteiger partial charge on any atom is -0.352 e. The standard InChI is InChI=1S/C30H27NO2/c1-22-18-19-23(2)27(20-22)30(25-14-8-4-9-15-25)21-33-28(24-12-6-3-7-13-24)31(29(30)32)26-16-10-5-11-17-26/h3-20,28H,21H2,1-2H3. The van der Waals surface area contributed by atoms with Crippen molar-refractivity contribution in [3.63, 3.8) is 0 Å². The number of rotatable bonds is 4. The van der Waals surface area contributed by atoms with Crippen LogP contribution in [0.3, 0.4) is 0 Å². The van der Waals surface area contributed by atoms with E-state index in [0.29, 0.717) is 0 Å². The Morgan fingerprint density at radius 3 is 2.06 bits per heavy atom. The fourth-order valence-electron chi connectivity index (χ4n) is 4.83. The van der Waals surface area contributed by atoms with E-state index in [1.165, 1.54) is 0 Å². The highest BCUT2D eigenvalue weighted by Gasteiger charge is 2.52. The maximum Gasteiger partial charge on any atom is 0.246 e. The van der Waals surface area contributed by atoms with Gasteiger partial charge in [-0.05, 0) is 42.7 Å². The number of para-hydroxylation sites is 1. The largest absolute Gasteiger partial charge is 0.352 e. The van der Waals surface area contributed by atoms with Gasteiger partial charge >= 0.3 is 0 Å². The summed E-state index contributed by atoms with van der Waals surface area (Å²) in [4.78, 5) is 16.6. The highest BCUT2D eigenvalue weighted by Crippen LogP contribution is 2.45. The molecule has 3 heteroatoms. The van der Waals surface area contributed by atoms with Gasteiger partial charge in [-0.3, -0.25) is 9.69 Å². The fraction of sp³-hybridized carbons (Fsp3) is 0.167.